The van der Waals surface area contributed by atoms with Crippen LogP contribution in [0.3, 0.4) is 0 Å². The van der Waals surface area contributed by atoms with Crippen LogP contribution in [0.1, 0.15) is 36.6 Å². The third kappa shape index (κ3) is 3.25. The summed E-state index contributed by atoms with van der Waals surface area (Å²) in [5.74, 6) is -1.06. The number of para-hydroxylation sites is 2. The van der Waals surface area contributed by atoms with Gasteiger partial charge in [0.05, 0.1) is 11.4 Å². The fraction of sp³-hybridized carbons (Fsp3) is 0.0357. The Morgan fingerprint density at radius 1 is 0.657 bits per heavy atom. The first-order chi connectivity index (χ1) is 17.1. The molecule has 2 aromatic carbocycles. The third-order valence-electron chi connectivity index (χ3n) is 6.20. The molecule has 0 fully saturated rings. The molecule has 0 N–H and O–H groups in total. The average molecular weight is 458 g/mol. The van der Waals surface area contributed by atoms with Gasteiger partial charge in [0.25, 0.3) is 5.91 Å². The Kier molecular flexibility index (Phi) is 4.81. The molecule has 7 heteroatoms. The van der Waals surface area contributed by atoms with Crippen LogP contribution in [0.2, 0.25) is 0 Å². The zero-order chi connectivity index (χ0) is 23.9. The largest absolute Gasteiger partial charge is 0.331 e. The number of amides is 1. The second kappa shape index (κ2) is 8.14. The molecular formula is C28H18N4O3. The number of ketones is 2. The third-order valence-corrected chi connectivity index (χ3v) is 6.20. The van der Waals surface area contributed by atoms with Crippen molar-refractivity contribution in [1.29, 1.82) is 0 Å². The number of benzene rings is 2. The lowest BCUT2D eigenvalue weighted by Crippen LogP contribution is -2.34. The molecule has 7 nitrogen and oxygen atoms in total. The van der Waals surface area contributed by atoms with Crippen molar-refractivity contribution in [2.24, 2.45) is 0 Å². The molecule has 4 aromatic rings. The van der Waals surface area contributed by atoms with Gasteiger partial charge in [-0.1, -0.05) is 24.3 Å². The van der Waals surface area contributed by atoms with Crippen LogP contribution >= 0.6 is 0 Å². The van der Waals surface area contributed by atoms with E-state index in [1.807, 2.05) is 29.2 Å². The number of carbonyl (C=O) groups excluding carboxylic acids is 3. The highest BCUT2D eigenvalue weighted by atomic mass is 16.2. The normalized spacial score (nSPS) is 16.5. The van der Waals surface area contributed by atoms with E-state index in [2.05, 4.69) is 9.97 Å². The maximum Gasteiger partial charge on any atom is 0.263 e. The highest BCUT2D eigenvalue weighted by Gasteiger charge is 2.44. The van der Waals surface area contributed by atoms with Crippen LogP contribution in [0.25, 0.3) is 0 Å². The number of Topliss-reactive ketones (excluding diaryl/α,β-unsaturated/α-hetero) is 2. The Bertz CT molecular complexity index is 1530. The summed E-state index contributed by atoms with van der Waals surface area (Å²) in [6.07, 6.45) is 6.41. The van der Waals surface area contributed by atoms with E-state index in [1.165, 1.54) is 17.3 Å². The van der Waals surface area contributed by atoms with E-state index in [-0.39, 0.29) is 23.0 Å². The van der Waals surface area contributed by atoms with Crippen molar-refractivity contribution >= 4 is 28.8 Å². The molecule has 0 spiro atoms. The molecule has 0 bridgehead atoms. The van der Waals surface area contributed by atoms with E-state index in [0.29, 0.717) is 34.6 Å². The van der Waals surface area contributed by atoms with Crippen LogP contribution in [0.15, 0.2) is 109 Å². The Morgan fingerprint density at radius 2 is 1.20 bits per heavy atom. The van der Waals surface area contributed by atoms with Crippen LogP contribution < -0.4 is 9.80 Å². The van der Waals surface area contributed by atoms with Crippen LogP contribution in [0.4, 0.5) is 11.4 Å². The number of anilines is 2. The zero-order valence-electron chi connectivity index (χ0n) is 18.5. The maximum atomic E-state index is 13.8. The summed E-state index contributed by atoms with van der Waals surface area (Å²) in [7, 11) is 0. The van der Waals surface area contributed by atoms with E-state index in [1.54, 1.807) is 60.9 Å². The average Bonchev–Trinajstić information content (AvgIpc) is 3.35. The van der Waals surface area contributed by atoms with Crippen molar-refractivity contribution in [2.75, 3.05) is 9.80 Å². The molecule has 2 aliphatic rings. The van der Waals surface area contributed by atoms with Gasteiger partial charge in [0, 0.05) is 48.0 Å². The van der Waals surface area contributed by atoms with E-state index < -0.39 is 5.91 Å². The number of aromatic nitrogens is 2. The van der Waals surface area contributed by atoms with Crippen LogP contribution in [0, 0.1) is 0 Å². The highest BCUT2D eigenvalue weighted by molar-refractivity contribution is 6.32. The van der Waals surface area contributed by atoms with Gasteiger partial charge in [-0.2, -0.15) is 0 Å². The van der Waals surface area contributed by atoms with Crippen molar-refractivity contribution in [1.82, 2.24) is 9.97 Å². The molecule has 1 amide bonds. The standard InChI is InChI=1S/C28H18N4O3/c33-26-20-5-1-3-7-22(20)31(17-18-9-13-29-14-10-18)24(26)25-27(34)21-6-2-4-8-23(21)32(25)28(35)19-11-15-30-16-12-19/h1-16H,17H2/b25-24+. The number of hydrogen-bond acceptors (Lipinski definition) is 6. The molecule has 0 aliphatic carbocycles. The molecule has 0 radical (unpaired) electrons. The van der Waals surface area contributed by atoms with Gasteiger partial charge in [0.2, 0.25) is 11.6 Å². The van der Waals surface area contributed by atoms with Gasteiger partial charge >= 0.3 is 0 Å². The van der Waals surface area contributed by atoms with Gasteiger partial charge in [-0.05, 0) is 54.1 Å². The van der Waals surface area contributed by atoms with Crippen molar-refractivity contribution in [3.05, 3.63) is 131 Å². The van der Waals surface area contributed by atoms with Gasteiger partial charge in [0.1, 0.15) is 11.4 Å². The SMILES string of the molecule is O=C1/C(=C2/C(=O)c3ccccc3N2C(=O)c2ccncc2)N(Cc2ccncc2)c2ccccc21. The number of hydrogen-bond donors (Lipinski definition) is 0. The summed E-state index contributed by atoms with van der Waals surface area (Å²) in [5, 5.41) is 0. The second-order valence-electron chi connectivity index (χ2n) is 8.21. The van der Waals surface area contributed by atoms with Gasteiger partial charge < -0.3 is 4.90 Å². The van der Waals surface area contributed by atoms with Gasteiger partial charge in [-0.15, -0.1) is 0 Å². The van der Waals surface area contributed by atoms with E-state index in [9.17, 15) is 14.4 Å². The molecule has 0 saturated carbocycles. The Hall–Kier alpha value is -4.91. The predicted octanol–water partition coefficient (Wildman–Crippen LogP) is 4.43. The number of rotatable bonds is 3. The summed E-state index contributed by atoms with van der Waals surface area (Å²) in [6.45, 7) is 0.338. The van der Waals surface area contributed by atoms with Crippen molar-refractivity contribution in [3.8, 4) is 0 Å². The highest BCUT2D eigenvalue weighted by Crippen LogP contribution is 2.43. The minimum atomic E-state index is -0.402. The lowest BCUT2D eigenvalue weighted by Gasteiger charge is -2.25. The molecule has 2 aromatic heterocycles. The van der Waals surface area contributed by atoms with Crippen molar-refractivity contribution in [3.63, 3.8) is 0 Å². The summed E-state index contributed by atoms with van der Waals surface area (Å²) in [4.78, 5) is 52.5. The zero-order valence-corrected chi connectivity index (χ0v) is 18.5. The fourth-order valence-electron chi connectivity index (χ4n) is 4.60. The van der Waals surface area contributed by atoms with Crippen LogP contribution in [0.5, 0.6) is 0 Å². The van der Waals surface area contributed by atoms with Gasteiger partial charge in [0.15, 0.2) is 0 Å². The first-order valence-electron chi connectivity index (χ1n) is 11.1. The minimum absolute atomic E-state index is 0.0586. The summed E-state index contributed by atoms with van der Waals surface area (Å²) in [5.41, 5.74) is 3.54. The molecule has 0 atom stereocenters. The van der Waals surface area contributed by atoms with E-state index in [0.717, 1.165) is 5.56 Å². The summed E-state index contributed by atoms with van der Waals surface area (Å²) in [6, 6.07) is 21.1. The molecule has 35 heavy (non-hydrogen) atoms. The number of carbonyl (C=O) groups is 3. The minimum Gasteiger partial charge on any atom is -0.331 e. The Balaban J connectivity index is 1.59. The molecule has 2 aliphatic heterocycles. The number of fused-ring (bicyclic) bond motifs is 2. The second-order valence-corrected chi connectivity index (χ2v) is 8.21. The van der Waals surface area contributed by atoms with Crippen LogP contribution in [-0.2, 0) is 6.54 Å². The number of nitrogens with zero attached hydrogens (tertiary/aromatic N) is 4. The smallest absolute Gasteiger partial charge is 0.263 e. The first-order valence-corrected chi connectivity index (χ1v) is 11.1. The summed E-state index contributed by atoms with van der Waals surface area (Å²) < 4.78 is 0. The van der Waals surface area contributed by atoms with Crippen LogP contribution in [-0.4, -0.2) is 27.4 Å². The molecule has 4 heterocycles. The predicted molar refractivity (Wildman–Crippen MR) is 130 cm³/mol. The lowest BCUT2D eigenvalue weighted by atomic mass is 10.1. The molecule has 168 valence electrons. The monoisotopic (exact) mass is 458 g/mol. The molecule has 0 saturated heterocycles. The summed E-state index contributed by atoms with van der Waals surface area (Å²) >= 11 is 0. The molecular weight excluding hydrogens is 440 g/mol. The Labute approximate surface area is 201 Å². The lowest BCUT2D eigenvalue weighted by molar-refractivity contribution is 0.0968. The van der Waals surface area contributed by atoms with Crippen molar-refractivity contribution < 1.29 is 14.4 Å². The molecule has 0 unspecified atom stereocenters. The molecule has 6 rings (SSSR count). The maximum absolute atomic E-state index is 13.8. The Morgan fingerprint density at radius 3 is 1.89 bits per heavy atom. The number of allylic oxidation sites excluding steroid dienone is 2. The van der Waals surface area contributed by atoms with E-state index in [4.69, 9.17) is 0 Å². The first kappa shape index (κ1) is 20.7. The van der Waals surface area contributed by atoms with Crippen molar-refractivity contribution in [2.45, 2.75) is 6.54 Å². The number of pyridine rings is 2. The van der Waals surface area contributed by atoms with Gasteiger partial charge in [-0.25, -0.2) is 0 Å². The quantitative estimate of drug-likeness (QED) is 0.422. The van der Waals surface area contributed by atoms with E-state index >= 15 is 0 Å². The fourth-order valence-corrected chi connectivity index (χ4v) is 4.60. The topological polar surface area (TPSA) is 83.5 Å². The van der Waals surface area contributed by atoms with Gasteiger partial charge in [-0.3, -0.25) is 29.3 Å².